The number of hydrogen-bond donors (Lipinski definition) is 1. The summed E-state index contributed by atoms with van der Waals surface area (Å²) in [7, 11) is 0. The van der Waals surface area contributed by atoms with Gasteiger partial charge in [-0.05, 0) is 24.6 Å². The number of nitrogens with one attached hydrogen (secondary N) is 1. The van der Waals surface area contributed by atoms with Gasteiger partial charge in [0.1, 0.15) is 12.4 Å². The van der Waals surface area contributed by atoms with E-state index in [9.17, 15) is 18.8 Å². The van der Waals surface area contributed by atoms with Crippen molar-refractivity contribution >= 4 is 17.8 Å². The molecule has 1 N–H and O–H groups in total. The largest absolute Gasteiger partial charge is 0.451 e. The van der Waals surface area contributed by atoms with Gasteiger partial charge in [0.05, 0.1) is 5.56 Å². The summed E-state index contributed by atoms with van der Waals surface area (Å²) < 4.78 is 18.8. The summed E-state index contributed by atoms with van der Waals surface area (Å²) in [4.78, 5) is 40.5. The Kier molecular flexibility index (Phi) is 7.72. The Balaban J connectivity index is 1.40. The number of amides is 2. The van der Waals surface area contributed by atoms with Gasteiger partial charge >= 0.3 is 5.97 Å². The van der Waals surface area contributed by atoms with Gasteiger partial charge in [-0.3, -0.25) is 19.3 Å². The summed E-state index contributed by atoms with van der Waals surface area (Å²) >= 11 is 0. The SMILES string of the molecule is CC(OC(=O)CNC(=O)c1ccccc1F)C(=O)N1CCN(Cc2ccccc2)CC1. The van der Waals surface area contributed by atoms with Crippen LogP contribution in [0.4, 0.5) is 4.39 Å². The summed E-state index contributed by atoms with van der Waals surface area (Å²) in [6.07, 6.45) is -0.960. The molecule has 1 unspecified atom stereocenters. The van der Waals surface area contributed by atoms with E-state index in [1.165, 1.54) is 30.7 Å². The molecule has 3 rings (SSSR count). The molecule has 0 bridgehead atoms. The summed E-state index contributed by atoms with van der Waals surface area (Å²) in [6, 6.07) is 15.6. The number of nitrogens with zero attached hydrogens (tertiary/aromatic N) is 2. The Morgan fingerprint density at radius 1 is 1.00 bits per heavy atom. The molecule has 0 radical (unpaired) electrons. The van der Waals surface area contributed by atoms with Crippen LogP contribution in [0.3, 0.4) is 0 Å². The van der Waals surface area contributed by atoms with E-state index in [2.05, 4.69) is 22.3 Å². The number of hydrogen-bond acceptors (Lipinski definition) is 5. The van der Waals surface area contributed by atoms with Crippen LogP contribution in [0.1, 0.15) is 22.8 Å². The molecule has 7 nitrogen and oxygen atoms in total. The second-order valence-electron chi connectivity index (χ2n) is 7.38. The van der Waals surface area contributed by atoms with Gasteiger partial charge in [-0.15, -0.1) is 0 Å². The van der Waals surface area contributed by atoms with Gasteiger partial charge in [0, 0.05) is 32.7 Å². The smallest absolute Gasteiger partial charge is 0.326 e. The van der Waals surface area contributed by atoms with Gasteiger partial charge in [-0.25, -0.2) is 4.39 Å². The first-order valence-corrected chi connectivity index (χ1v) is 10.2. The van der Waals surface area contributed by atoms with Crippen LogP contribution in [0, 0.1) is 5.82 Å². The van der Waals surface area contributed by atoms with Crippen molar-refractivity contribution in [2.75, 3.05) is 32.7 Å². The second-order valence-corrected chi connectivity index (χ2v) is 7.38. The monoisotopic (exact) mass is 427 g/mol. The molecule has 8 heteroatoms. The van der Waals surface area contributed by atoms with E-state index in [0.717, 1.165) is 25.7 Å². The summed E-state index contributed by atoms with van der Waals surface area (Å²) in [5.41, 5.74) is 1.06. The molecule has 1 aliphatic rings. The Labute approximate surface area is 180 Å². The molecule has 2 aromatic carbocycles. The molecule has 0 spiro atoms. The molecule has 1 saturated heterocycles. The first-order valence-electron chi connectivity index (χ1n) is 10.2. The van der Waals surface area contributed by atoms with Crippen LogP contribution in [0.5, 0.6) is 0 Å². The molecule has 1 atom stereocenters. The van der Waals surface area contributed by atoms with Gasteiger partial charge < -0.3 is 15.0 Å². The fourth-order valence-electron chi connectivity index (χ4n) is 3.41. The van der Waals surface area contributed by atoms with E-state index >= 15 is 0 Å². The van der Waals surface area contributed by atoms with E-state index < -0.39 is 30.3 Å². The minimum absolute atomic E-state index is 0.159. The number of benzene rings is 2. The van der Waals surface area contributed by atoms with Crippen molar-refractivity contribution in [1.29, 1.82) is 0 Å². The zero-order chi connectivity index (χ0) is 22.2. The third kappa shape index (κ3) is 6.36. The van der Waals surface area contributed by atoms with Gasteiger partial charge in [-0.2, -0.15) is 0 Å². The van der Waals surface area contributed by atoms with Gasteiger partial charge in [0.2, 0.25) is 0 Å². The molecule has 2 amide bonds. The van der Waals surface area contributed by atoms with Crippen molar-refractivity contribution in [3.63, 3.8) is 0 Å². The first-order chi connectivity index (χ1) is 14.9. The minimum Gasteiger partial charge on any atom is -0.451 e. The molecule has 0 aliphatic carbocycles. The average Bonchev–Trinajstić information content (AvgIpc) is 2.78. The van der Waals surface area contributed by atoms with Crippen molar-refractivity contribution in [3.05, 3.63) is 71.5 Å². The van der Waals surface area contributed by atoms with E-state index in [4.69, 9.17) is 4.74 Å². The van der Waals surface area contributed by atoms with Gasteiger partial charge in [-0.1, -0.05) is 42.5 Å². The van der Waals surface area contributed by atoms with Gasteiger partial charge in [0.15, 0.2) is 6.10 Å². The highest BCUT2D eigenvalue weighted by atomic mass is 19.1. The third-order valence-electron chi connectivity index (χ3n) is 5.10. The number of rotatable bonds is 7. The highest BCUT2D eigenvalue weighted by Gasteiger charge is 2.27. The molecule has 0 aromatic heterocycles. The Hall–Kier alpha value is -3.26. The summed E-state index contributed by atoms with van der Waals surface area (Å²) in [6.45, 7) is 4.47. The Bertz CT molecular complexity index is 914. The molecular weight excluding hydrogens is 401 g/mol. The minimum atomic E-state index is -0.960. The van der Waals surface area contributed by atoms with Crippen LogP contribution in [-0.4, -0.2) is 66.4 Å². The molecule has 1 aliphatic heterocycles. The highest BCUT2D eigenvalue weighted by Crippen LogP contribution is 2.10. The van der Waals surface area contributed by atoms with E-state index in [0.29, 0.717) is 13.1 Å². The number of carbonyl (C=O) groups excluding carboxylic acids is 3. The molecule has 0 saturated carbocycles. The van der Waals surface area contributed by atoms with Crippen molar-refractivity contribution in [2.24, 2.45) is 0 Å². The van der Waals surface area contributed by atoms with Gasteiger partial charge in [0.25, 0.3) is 11.8 Å². The van der Waals surface area contributed by atoms with Crippen LogP contribution in [0.15, 0.2) is 54.6 Å². The Morgan fingerprint density at radius 2 is 1.65 bits per heavy atom. The van der Waals surface area contributed by atoms with E-state index in [-0.39, 0.29) is 11.5 Å². The number of halogens is 1. The molecular formula is C23H26FN3O4. The second kappa shape index (κ2) is 10.7. The maximum Gasteiger partial charge on any atom is 0.326 e. The topological polar surface area (TPSA) is 78.9 Å². The summed E-state index contributed by atoms with van der Waals surface area (Å²) in [5.74, 6) is -2.42. The predicted octanol–water partition coefficient (Wildman–Crippen LogP) is 1.83. The fourth-order valence-corrected chi connectivity index (χ4v) is 3.41. The molecule has 31 heavy (non-hydrogen) atoms. The van der Waals surface area contributed by atoms with Crippen molar-refractivity contribution in [3.8, 4) is 0 Å². The summed E-state index contributed by atoms with van der Waals surface area (Å²) in [5, 5.41) is 2.31. The van der Waals surface area contributed by atoms with Crippen LogP contribution in [0.2, 0.25) is 0 Å². The maximum atomic E-state index is 13.6. The van der Waals surface area contributed by atoms with Crippen LogP contribution in [0.25, 0.3) is 0 Å². The number of ether oxygens (including phenoxy) is 1. The third-order valence-corrected chi connectivity index (χ3v) is 5.10. The Morgan fingerprint density at radius 3 is 2.32 bits per heavy atom. The zero-order valence-electron chi connectivity index (χ0n) is 17.4. The molecule has 1 heterocycles. The molecule has 164 valence electrons. The van der Waals surface area contributed by atoms with Crippen molar-refractivity contribution < 1.29 is 23.5 Å². The molecule has 2 aromatic rings. The van der Waals surface area contributed by atoms with E-state index in [1.54, 1.807) is 4.90 Å². The van der Waals surface area contributed by atoms with Crippen LogP contribution < -0.4 is 5.32 Å². The standard InChI is InChI=1S/C23H26FN3O4/c1-17(31-21(28)15-25-22(29)19-9-5-6-10-20(19)24)23(30)27-13-11-26(12-14-27)16-18-7-3-2-4-8-18/h2-10,17H,11-16H2,1H3,(H,25,29). The average molecular weight is 427 g/mol. The first kappa shape index (κ1) is 22.4. The lowest BCUT2D eigenvalue weighted by Gasteiger charge is -2.35. The lowest BCUT2D eigenvalue weighted by molar-refractivity contribution is -0.159. The number of carbonyl (C=O) groups is 3. The zero-order valence-corrected chi connectivity index (χ0v) is 17.4. The maximum absolute atomic E-state index is 13.6. The quantitative estimate of drug-likeness (QED) is 0.682. The normalized spacial score (nSPS) is 15.2. The fraction of sp³-hybridized carbons (Fsp3) is 0.348. The lowest BCUT2D eigenvalue weighted by atomic mass is 10.2. The lowest BCUT2D eigenvalue weighted by Crippen LogP contribution is -2.51. The molecule has 1 fully saturated rings. The van der Waals surface area contributed by atoms with Crippen LogP contribution in [-0.2, 0) is 20.9 Å². The number of esters is 1. The predicted molar refractivity (Wildman–Crippen MR) is 113 cm³/mol. The highest BCUT2D eigenvalue weighted by molar-refractivity contribution is 5.96. The van der Waals surface area contributed by atoms with Crippen molar-refractivity contribution in [2.45, 2.75) is 19.6 Å². The van der Waals surface area contributed by atoms with Crippen LogP contribution >= 0.6 is 0 Å². The van der Waals surface area contributed by atoms with E-state index in [1.807, 2.05) is 18.2 Å². The van der Waals surface area contributed by atoms with Crippen molar-refractivity contribution in [1.82, 2.24) is 15.1 Å². The number of piperazine rings is 1.